The molecule has 0 fully saturated rings. The fourth-order valence-electron chi connectivity index (χ4n) is 1.85. The summed E-state index contributed by atoms with van der Waals surface area (Å²) in [4.78, 5) is 22.8. The Morgan fingerprint density at radius 2 is 1.85 bits per heavy atom. The second-order valence-electron chi connectivity index (χ2n) is 5.32. The fraction of sp³-hybridized carbons (Fsp3) is 0.500. The van der Waals surface area contributed by atoms with Crippen LogP contribution >= 0.6 is 0 Å². The topological polar surface area (TPSA) is 84.3 Å². The highest BCUT2D eigenvalue weighted by Gasteiger charge is 2.28. The van der Waals surface area contributed by atoms with E-state index in [4.69, 9.17) is 0 Å². The molecule has 0 bridgehead atoms. The van der Waals surface area contributed by atoms with Crippen molar-refractivity contribution in [1.82, 2.24) is 5.32 Å². The Morgan fingerprint density at radius 3 is 2.35 bits per heavy atom. The van der Waals surface area contributed by atoms with E-state index in [-0.39, 0.29) is 17.3 Å². The van der Waals surface area contributed by atoms with Gasteiger partial charge in [-0.25, -0.2) is 0 Å². The van der Waals surface area contributed by atoms with Crippen LogP contribution in [0.4, 0.5) is 11.4 Å². The first-order valence-electron chi connectivity index (χ1n) is 6.51. The summed E-state index contributed by atoms with van der Waals surface area (Å²) < 4.78 is 0. The van der Waals surface area contributed by atoms with Gasteiger partial charge in [-0.05, 0) is 51.4 Å². The molecule has 0 heterocycles. The molecule has 110 valence electrons. The standard InChI is InChI=1S/C14H21N3O3/c1-6-15-14(4,5)13(18)16-11-7-9(2)10(3)8-12(11)17(19)20/h7-8,15H,6H2,1-5H3,(H,16,18). The molecule has 0 radical (unpaired) electrons. The smallest absolute Gasteiger partial charge is 0.293 e. The van der Waals surface area contributed by atoms with Crippen molar-refractivity contribution in [3.63, 3.8) is 0 Å². The zero-order valence-electron chi connectivity index (χ0n) is 12.5. The van der Waals surface area contributed by atoms with Crippen molar-refractivity contribution < 1.29 is 9.72 Å². The quantitative estimate of drug-likeness (QED) is 0.640. The molecule has 0 saturated carbocycles. The van der Waals surface area contributed by atoms with Crippen molar-refractivity contribution in [3.05, 3.63) is 33.4 Å². The molecule has 0 aliphatic heterocycles. The van der Waals surface area contributed by atoms with Crippen LogP contribution in [-0.4, -0.2) is 22.9 Å². The van der Waals surface area contributed by atoms with Gasteiger partial charge in [0, 0.05) is 6.07 Å². The summed E-state index contributed by atoms with van der Waals surface area (Å²) >= 11 is 0. The van der Waals surface area contributed by atoms with Gasteiger partial charge in [-0.2, -0.15) is 0 Å². The van der Waals surface area contributed by atoms with Crippen molar-refractivity contribution in [2.75, 3.05) is 11.9 Å². The number of nitro benzene ring substituents is 1. The van der Waals surface area contributed by atoms with Crippen molar-refractivity contribution in [2.45, 2.75) is 40.2 Å². The lowest BCUT2D eigenvalue weighted by Crippen LogP contribution is -2.49. The predicted octanol–water partition coefficient (Wildman–Crippen LogP) is 2.54. The Hall–Kier alpha value is -1.95. The van der Waals surface area contributed by atoms with Gasteiger partial charge < -0.3 is 10.6 Å². The molecule has 1 rings (SSSR count). The van der Waals surface area contributed by atoms with E-state index in [1.807, 2.05) is 13.8 Å². The summed E-state index contributed by atoms with van der Waals surface area (Å²) in [6, 6.07) is 3.11. The van der Waals surface area contributed by atoms with Crippen molar-refractivity contribution in [2.24, 2.45) is 0 Å². The van der Waals surface area contributed by atoms with E-state index in [1.165, 1.54) is 6.07 Å². The van der Waals surface area contributed by atoms with Crippen LogP contribution in [-0.2, 0) is 4.79 Å². The minimum absolute atomic E-state index is 0.0891. The maximum absolute atomic E-state index is 12.2. The van der Waals surface area contributed by atoms with Gasteiger partial charge in [0.1, 0.15) is 5.69 Å². The number of carbonyl (C=O) groups is 1. The summed E-state index contributed by atoms with van der Waals surface area (Å²) in [6.45, 7) is 9.65. The molecule has 1 aromatic rings. The predicted molar refractivity (Wildman–Crippen MR) is 79.0 cm³/mol. The number of aryl methyl sites for hydroxylation is 2. The fourth-order valence-corrected chi connectivity index (χ4v) is 1.85. The van der Waals surface area contributed by atoms with Crippen LogP contribution < -0.4 is 10.6 Å². The van der Waals surface area contributed by atoms with Crippen molar-refractivity contribution in [3.8, 4) is 0 Å². The maximum Gasteiger partial charge on any atom is 0.293 e. The second kappa shape index (κ2) is 6.00. The van der Waals surface area contributed by atoms with E-state index in [9.17, 15) is 14.9 Å². The molecular formula is C14H21N3O3. The summed E-state index contributed by atoms with van der Waals surface area (Å²) in [5.74, 6) is -0.300. The van der Waals surface area contributed by atoms with Gasteiger partial charge in [0.25, 0.3) is 5.69 Å². The largest absolute Gasteiger partial charge is 0.319 e. The van der Waals surface area contributed by atoms with E-state index in [1.54, 1.807) is 26.8 Å². The van der Waals surface area contributed by atoms with E-state index >= 15 is 0 Å². The molecule has 20 heavy (non-hydrogen) atoms. The summed E-state index contributed by atoms with van der Waals surface area (Å²) in [7, 11) is 0. The van der Waals surface area contributed by atoms with Crippen LogP contribution in [0, 0.1) is 24.0 Å². The number of hydrogen-bond acceptors (Lipinski definition) is 4. The molecule has 0 aromatic heterocycles. The zero-order valence-corrected chi connectivity index (χ0v) is 12.5. The molecule has 0 unspecified atom stereocenters. The molecular weight excluding hydrogens is 258 g/mol. The molecule has 0 atom stereocenters. The molecule has 1 amide bonds. The number of carbonyl (C=O) groups excluding carboxylic acids is 1. The molecule has 2 N–H and O–H groups in total. The number of amides is 1. The Balaban J connectivity index is 3.12. The number of nitro groups is 1. The monoisotopic (exact) mass is 279 g/mol. The Kier molecular flexibility index (Phi) is 4.83. The summed E-state index contributed by atoms with van der Waals surface area (Å²) in [6.07, 6.45) is 0. The number of hydrogen-bond donors (Lipinski definition) is 2. The van der Waals surface area contributed by atoms with Crippen LogP contribution in [0.5, 0.6) is 0 Å². The third-order valence-corrected chi connectivity index (χ3v) is 3.24. The molecule has 0 spiro atoms. The van der Waals surface area contributed by atoms with Gasteiger partial charge in [-0.15, -0.1) is 0 Å². The van der Waals surface area contributed by atoms with Gasteiger partial charge in [0.15, 0.2) is 0 Å². The summed E-state index contributed by atoms with van der Waals surface area (Å²) in [5.41, 5.74) is 1.07. The highest BCUT2D eigenvalue weighted by molar-refractivity contribution is 5.99. The molecule has 0 aliphatic rings. The number of nitrogens with one attached hydrogen (secondary N) is 2. The van der Waals surface area contributed by atoms with E-state index in [0.29, 0.717) is 6.54 Å². The van der Waals surface area contributed by atoms with E-state index in [0.717, 1.165) is 11.1 Å². The van der Waals surface area contributed by atoms with Crippen LogP contribution in [0.15, 0.2) is 12.1 Å². The minimum atomic E-state index is -0.790. The summed E-state index contributed by atoms with van der Waals surface area (Å²) in [5, 5.41) is 16.8. The highest BCUT2D eigenvalue weighted by atomic mass is 16.6. The lowest BCUT2D eigenvalue weighted by Gasteiger charge is -2.24. The number of rotatable bonds is 5. The van der Waals surface area contributed by atoms with Gasteiger partial charge in [-0.1, -0.05) is 6.92 Å². The Bertz CT molecular complexity index is 539. The molecule has 6 heteroatoms. The van der Waals surface area contributed by atoms with Crippen LogP contribution in [0.1, 0.15) is 31.9 Å². The maximum atomic E-state index is 12.2. The molecule has 0 saturated heterocycles. The number of nitrogens with zero attached hydrogens (tertiary/aromatic N) is 1. The zero-order chi connectivity index (χ0) is 15.5. The Morgan fingerprint density at radius 1 is 1.30 bits per heavy atom. The van der Waals surface area contributed by atoms with Crippen LogP contribution in [0.25, 0.3) is 0 Å². The van der Waals surface area contributed by atoms with Crippen molar-refractivity contribution in [1.29, 1.82) is 0 Å². The normalized spacial score (nSPS) is 11.2. The highest BCUT2D eigenvalue weighted by Crippen LogP contribution is 2.28. The van der Waals surface area contributed by atoms with Gasteiger partial charge in [0.2, 0.25) is 5.91 Å². The SMILES string of the molecule is CCNC(C)(C)C(=O)Nc1cc(C)c(C)cc1[N+](=O)[O-]. The van der Waals surface area contributed by atoms with Crippen molar-refractivity contribution >= 4 is 17.3 Å². The lowest BCUT2D eigenvalue weighted by atomic mass is 10.0. The Labute approximate surface area is 118 Å². The van der Waals surface area contributed by atoms with Gasteiger partial charge in [0.05, 0.1) is 10.5 Å². The van der Waals surface area contributed by atoms with E-state index < -0.39 is 10.5 Å². The number of anilines is 1. The van der Waals surface area contributed by atoms with Gasteiger partial charge >= 0.3 is 0 Å². The number of benzene rings is 1. The third-order valence-electron chi connectivity index (χ3n) is 3.24. The first-order chi connectivity index (χ1) is 9.19. The van der Waals surface area contributed by atoms with Crippen LogP contribution in [0.3, 0.4) is 0 Å². The molecule has 6 nitrogen and oxygen atoms in total. The van der Waals surface area contributed by atoms with E-state index in [2.05, 4.69) is 10.6 Å². The minimum Gasteiger partial charge on any atom is -0.319 e. The average Bonchev–Trinajstić information content (AvgIpc) is 2.32. The third kappa shape index (κ3) is 3.54. The lowest BCUT2D eigenvalue weighted by molar-refractivity contribution is -0.384. The molecule has 0 aliphatic carbocycles. The average molecular weight is 279 g/mol. The van der Waals surface area contributed by atoms with Crippen LogP contribution in [0.2, 0.25) is 0 Å². The molecule has 1 aromatic carbocycles. The first kappa shape index (κ1) is 16.1. The number of likely N-dealkylation sites (N-methyl/N-ethyl adjacent to an activating group) is 1. The second-order valence-corrected chi connectivity index (χ2v) is 5.32. The van der Waals surface area contributed by atoms with Gasteiger partial charge in [-0.3, -0.25) is 14.9 Å². The first-order valence-corrected chi connectivity index (χ1v) is 6.51.